The summed E-state index contributed by atoms with van der Waals surface area (Å²) in [6.45, 7) is -0.413. The molecule has 0 unspecified atom stereocenters. The van der Waals surface area contributed by atoms with E-state index in [0.717, 1.165) is 6.08 Å². The molecule has 0 saturated carbocycles. The van der Waals surface area contributed by atoms with Crippen molar-refractivity contribution in [2.24, 2.45) is 0 Å². The Morgan fingerprint density at radius 3 is 2.21 bits per heavy atom. The minimum absolute atomic E-state index is 0.193. The third kappa shape index (κ3) is 6.43. The number of aromatic hydroxyl groups is 4. The molecule has 0 bridgehead atoms. The molecule has 0 heterocycles. The molecule has 2 aromatic rings. The van der Waals surface area contributed by atoms with Crippen molar-refractivity contribution >= 4 is 17.9 Å². The molecule has 1 atom stereocenters. The summed E-state index contributed by atoms with van der Waals surface area (Å²) in [4.78, 5) is 24.1. The molecule has 0 saturated heterocycles. The summed E-state index contributed by atoms with van der Waals surface area (Å²) < 4.78 is 0. The van der Waals surface area contributed by atoms with Gasteiger partial charge in [0.25, 0.3) is 0 Å². The molecule has 29 heavy (non-hydrogen) atoms. The Morgan fingerprint density at radius 2 is 1.59 bits per heavy atom. The molecule has 2 aromatic carbocycles. The van der Waals surface area contributed by atoms with E-state index in [1.54, 1.807) is 6.07 Å². The van der Waals surface area contributed by atoms with E-state index in [9.17, 15) is 35.1 Å². The normalized spacial score (nSPS) is 11.9. The minimum Gasteiger partial charge on any atom is -0.504 e. The van der Waals surface area contributed by atoms with Crippen LogP contribution in [0.3, 0.4) is 0 Å². The van der Waals surface area contributed by atoms with Crippen LogP contribution in [-0.4, -0.2) is 56.5 Å². The van der Waals surface area contributed by atoms with Crippen LogP contribution in [0.4, 0.5) is 0 Å². The molecule has 0 aliphatic carbocycles. The second kappa shape index (κ2) is 10.00. The van der Waals surface area contributed by atoms with Gasteiger partial charge in [0.1, 0.15) is 6.04 Å². The second-order valence-corrected chi connectivity index (χ2v) is 6.19. The Balaban J connectivity index is 1.84. The Bertz CT molecular complexity index is 912. The lowest BCUT2D eigenvalue weighted by molar-refractivity contribution is -0.128. The second-order valence-electron chi connectivity index (χ2n) is 6.19. The van der Waals surface area contributed by atoms with Gasteiger partial charge < -0.3 is 36.2 Å². The van der Waals surface area contributed by atoms with Crippen LogP contribution in [0.2, 0.25) is 0 Å². The lowest BCUT2D eigenvalue weighted by Gasteiger charge is -2.15. The summed E-state index contributed by atoms with van der Waals surface area (Å²) in [6.07, 6.45) is 2.87. The zero-order valence-electron chi connectivity index (χ0n) is 15.4. The third-order valence-corrected chi connectivity index (χ3v) is 3.99. The van der Waals surface area contributed by atoms with Gasteiger partial charge in [-0.1, -0.05) is 12.1 Å². The highest BCUT2D eigenvalue weighted by molar-refractivity contribution is 5.95. The minimum atomic E-state index is -1.16. The SMILES string of the molecule is O=C(/C=C/c1ccc(O)c(O)c1)N[C@@H](CO)C(=O)NCCc1ccc(O)c(O)c1. The van der Waals surface area contributed by atoms with Gasteiger partial charge in [0.15, 0.2) is 23.0 Å². The molecule has 2 rings (SSSR count). The van der Waals surface area contributed by atoms with Crippen LogP contribution >= 0.6 is 0 Å². The fraction of sp³-hybridized carbons (Fsp3) is 0.200. The largest absolute Gasteiger partial charge is 0.504 e. The first-order valence-corrected chi connectivity index (χ1v) is 8.70. The number of rotatable bonds is 8. The Morgan fingerprint density at radius 1 is 0.931 bits per heavy atom. The third-order valence-electron chi connectivity index (χ3n) is 3.99. The van der Waals surface area contributed by atoms with Gasteiger partial charge in [-0.3, -0.25) is 9.59 Å². The molecule has 0 aliphatic heterocycles. The van der Waals surface area contributed by atoms with Crippen molar-refractivity contribution < 1.29 is 35.1 Å². The molecule has 154 valence electrons. The van der Waals surface area contributed by atoms with Crippen molar-refractivity contribution in [3.8, 4) is 23.0 Å². The number of hydrogen-bond acceptors (Lipinski definition) is 7. The van der Waals surface area contributed by atoms with Gasteiger partial charge >= 0.3 is 0 Å². The van der Waals surface area contributed by atoms with Crippen LogP contribution in [0.1, 0.15) is 11.1 Å². The van der Waals surface area contributed by atoms with E-state index in [1.165, 1.54) is 36.4 Å². The number of carbonyl (C=O) groups is 2. The lowest BCUT2D eigenvalue weighted by atomic mass is 10.1. The molecule has 0 aromatic heterocycles. The number of carbonyl (C=O) groups excluding carboxylic acids is 2. The van der Waals surface area contributed by atoms with Crippen LogP contribution < -0.4 is 10.6 Å². The van der Waals surface area contributed by atoms with Gasteiger partial charge in [-0.05, 0) is 47.9 Å². The topological polar surface area (TPSA) is 159 Å². The highest BCUT2D eigenvalue weighted by Crippen LogP contribution is 2.25. The summed E-state index contributed by atoms with van der Waals surface area (Å²) in [5.74, 6) is -2.33. The average molecular weight is 402 g/mol. The van der Waals surface area contributed by atoms with E-state index < -0.39 is 24.5 Å². The molecule has 0 spiro atoms. The molecular formula is C20H22N2O7. The predicted octanol–water partition coefficient (Wildman–Crippen LogP) is 0.358. The van der Waals surface area contributed by atoms with Crippen molar-refractivity contribution in [3.63, 3.8) is 0 Å². The summed E-state index contributed by atoms with van der Waals surface area (Å²) in [7, 11) is 0. The Hall–Kier alpha value is -3.72. The van der Waals surface area contributed by atoms with Gasteiger partial charge in [0.2, 0.25) is 11.8 Å². The maximum atomic E-state index is 12.1. The van der Waals surface area contributed by atoms with Crippen LogP contribution in [0.25, 0.3) is 6.08 Å². The number of amides is 2. The standard InChI is InChI=1S/C20H22N2O7/c23-11-14(20(29)21-8-7-13-2-5-16(25)18(27)10-13)22-19(28)6-3-12-1-4-15(24)17(26)9-12/h1-6,9-10,14,23-27H,7-8,11H2,(H,21,29)(H,22,28)/b6-3+/t14-/m0/s1. The van der Waals surface area contributed by atoms with Crippen molar-refractivity contribution in [2.45, 2.75) is 12.5 Å². The van der Waals surface area contributed by atoms with E-state index in [-0.39, 0.29) is 29.5 Å². The Labute approximate surface area is 166 Å². The molecule has 9 heteroatoms. The number of aliphatic hydroxyl groups excluding tert-OH is 1. The van der Waals surface area contributed by atoms with E-state index in [1.807, 2.05) is 0 Å². The summed E-state index contributed by atoms with van der Waals surface area (Å²) in [6, 6.07) is 7.16. The van der Waals surface area contributed by atoms with Gasteiger partial charge in [-0.15, -0.1) is 0 Å². The first kappa shape index (κ1) is 21.6. The predicted molar refractivity (Wildman–Crippen MR) is 104 cm³/mol. The van der Waals surface area contributed by atoms with Gasteiger partial charge in [-0.25, -0.2) is 0 Å². The van der Waals surface area contributed by atoms with Gasteiger partial charge in [-0.2, -0.15) is 0 Å². The number of nitrogens with one attached hydrogen (secondary N) is 2. The zero-order valence-corrected chi connectivity index (χ0v) is 15.4. The molecule has 0 radical (unpaired) electrons. The fourth-order valence-electron chi connectivity index (χ4n) is 2.41. The van der Waals surface area contributed by atoms with E-state index in [4.69, 9.17) is 0 Å². The monoisotopic (exact) mass is 402 g/mol. The van der Waals surface area contributed by atoms with Crippen LogP contribution in [0.5, 0.6) is 23.0 Å². The number of benzene rings is 2. The number of phenols is 4. The van der Waals surface area contributed by atoms with E-state index >= 15 is 0 Å². The zero-order chi connectivity index (χ0) is 21.4. The summed E-state index contributed by atoms with van der Waals surface area (Å²) >= 11 is 0. The lowest BCUT2D eigenvalue weighted by Crippen LogP contribution is -2.48. The number of phenolic OH excluding ortho intramolecular Hbond substituents is 4. The number of aliphatic hydroxyl groups is 1. The fourth-order valence-corrected chi connectivity index (χ4v) is 2.41. The molecule has 9 nitrogen and oxygen atoms in total. The molecule has 7 N–H and O–H groups in total. The van der Waals surface area contributed by atoms with Crippen molar-refractivity contribution in [1.82, 2.24) is 10.6 Å². The Kier molecular flexibility index (Phi) is 7.44. The van der Waals surface area contributed by atoms with Crippen molar-refractivity contribution in [3.05, 3.63) is 53.6 Å². The quantitative estimate of drug-likeness (QED) is 0.248. The maximum absolute atomic E-state index is 12.1. The first-order valence-electron chi connectivity index (χ1n) is 8.70. The smallest absolute Gasteiger partial charge is 0.244 e. The highest BCUT2D eigenvalue weighted by atomic mass is 16.3. The van der Waals surface area contributed by atoms with E-state index in [2.05, 4.69) is 10.6 Å². The van der Waals surface area contributed by atoms with Crippen LogP contribution in [0.15, 0.2) is 42.5 Å². The number of hydrogen-bond donors (Lipinski definition) is 7. The maximum Gasteiger partial charge on any atom is 0.244 e. The molecule has 0 aliphatic rings. The first-order chi connectivity index (χ1) is 13.8. The highest BCUT2D eigenvalue weighted by Gasteiger charge is 2.18. The van der Waals surface area contributed by atoms with Crippen molar-refractivity contribution in [1.29, 1.82) is 0 Å². The van der Waals surface area contributed by atoms with E-state index in [0.29, 0.717) is 17.5 Å². The average Bonchev–Trinajstić information content (AvgIpc) is 2.69. The molecular weight excluding hydrogens is 380 g/mol. The van der Waals surface area contributed by atoms with Crippen LogP contribution in [-0.2, 0) is 16.0 Å². The summed E-state index contributed by atoms with van der Waals surface area (Å²) in [5, 5.41) is 51.7. The molecule has 2 amide bonds. The van der Waals surface area contributed by atoms with Crippen molar-refractivity contribution in [2.75, 3.05) is 13.2 Å². The molecule has 0 fully saturated rings. The summed E-state index contributed by atoms with van der Waals surface area (Å²) in [5.41, 5.74) is 1.14. The van der Waals surface area contributed by atoms with Gasteiger partial charge in [0.05, 0.1) is 6.61 Å². The van der Waals surface area contributed by atoms with Gasteiger partial charge in [0, 0.05) is 12.6 Å². The van der Waals surface area contributed by atoms with Crippen LogP contribution in [0, 0.1) is 0 Å².